The van der Waals surface area contributed by atoms with Crippen molar-refractivity contribution in [2.24, 2.45) is 0 Å². The maximum absolute atomic E-state index is 12.6. The van der Waals surface area contributed by atoms with Gasteiger partial charge in [0, 0.05) is 0 Å². The summed E-state index contributed by atoms with van der Waals surface area (Å²) in [5, 5.41) is 0. The van der Waals surface area contributed by atoms with E-state index in [1.54, 1.807) is 26.0 Å². The zero-order chi connectivity index (χ0) is 10.0. The van der Waals surface area contributed by atoms with E-state index in [0.717, 1.165) is 5.56 Å². The molecule has 0 aliphatic heterocycles. The van der Waals surface area contributed by atoms with Gasteiger partial charge in [-0.2, -0.15) is 0 Å². The van der Waals surface area contributed by atoms with E-state index in [4.69, 9.17) is 4.74 Å². The third-order valence-electron chi connectivity index (χ3n) is 2.18. The van der Waals surface area contributed by atoms with E-state index in [2.05, 4.69) is 0 Å². The number of aryl methyl sites for hydroxylation is 1. The normalized spacial score (nSPS) is 10.6. The van der Waals surface area contributed by atoms with Gasteiger partial charge in [0.15, 0.2) is 0 Å². The zero-order valence-electron chi connectivity index (χ0n) is 7.90. The molecule has 1 nitrogen and oxygen atoms in total. The number of benzene rings is 1. The van der Waals surface area contributed by atoms with Crippen LogP contribution in [-0.4, -0.2) is 7.11 Å². The van der Waals surface area contributed by atoms with Crippen molar-refractivity contribution in [2.75, 3.05) is 7.11 Å². The van der Waals surface area contributed by atoms with Crippen molar-refractivity contribution in [3.05, 3.63) is 28.8 Å². The number of ether oxygens (including phenoxy) is 1. The standard InChI is InChI=1S/C10H12F2O/c1-6-4-5-8(13-3)9(7(6)2)10(11)12/h4-5,10H,1-3H3. The molecule has 0 heterocycles. The number of hydrogen-bond donors (Lipinski definition) is 0. The third kappa shape index (κ3) is 1.79. The van der Waals surface area contributed by atoms with Gasteiger partial charge in [-0.25, -0.2) is 8.78 Å². The molecule has 0 saturated carbocycles. The zero-order valence-corrected chi connectivity index (χ0v) is 7.90. The quantitative estimate of drug-likeness (QED) is 0.688. The molecule has 0 aromatic heterocycles. The maximum atomic E-state index is 12.6. The van der Waals surface area contributed by atoms with Crippen LogP contribution in [0.5, 0.6) is 5.75 Å². The van der Waals surface area contributed by atoms with Crippen molar-refractivity contribution in [1.82, 2.24) is 0 Å². The molecule has 0 N–H and O–H groups in total. The van der Waals surface area contributed by atoms with Gasteiger partial charge in [0.1, 0.15) is 5.75 Å². The molecule has 3 heteroatoms. The SMILES string of the molecule is COc1ccc(C)c(C)c1C(F)F. The summed E-state index contributed by atoms with van der Waals surface area (Å²) < 4.78 is 30.0. The minimum atomic E-state index is -2.48. The van der Waals surface area contributed by atoms with Crippen molar-refractivity contribution in [2.45, 2.75) is 20.3 Å². The van der Waals surface area contributed by atoms with Gasteiger partial charge in [-0.15, -0.1) is 0 Å². The molecular formula is C10H12F2O. The minimum absolute atomic E-state index is 0.00231. The van der Waals surface area contributed by atoms with E-state index in [9.17, 15) is 8.78 Å². The second-order valence-corrected chi connectivity index (χ2v) is 2.92. The van der Waals surface area contributed by atoms with E-state index < -0.39 is 6.43 Å². The van der Waals surface area contributed by atoms with Crippen LogP contribution in [0.3, 0.4) is 0 Å². The highest BCUT2D eigenvalue weighted by atomic mass is 19.3. The molecule has 0 aliphatic rings. The van der Waals surface area contributed by atoms with E-state index in [-0.39, 0.29) is 11.3 Å². The molecular weight excluding hydrogens is 174 g/mol. The largest absolute Gasteiger partial charge is 0.496 e. The third-order valence-corrected chi connectivity index (χ3v) is 2.18. The Kier molecular flexibility index (Phi) is 2.86. The maximum Gasteiger partial charge on any atom is 0.267 e. The Morgan fingerprint density at radius 2 is 1.85 bits per heavy atom. The predicted octanol–water partition coefficient (Wildman–Crippen LogP) is 3.25. The summed E-state index contributed by atoms with van der Waals surface area (Å²) in [6.07, 6.45) is -2.48. The Bertz CT molecular complexity index is 308. The van der Waals surface area contributed by atoms with Crippen molar-refractivity contribution in [3.8, 4) is 5.75 Å². The summed E-state index contributed by atoms with van der Waals surface area (Å²) in [7, 11) is 1.40. The summed E-state index contributed by atoms with van der Waals surface area (Å²) in [6.45, 7) is 3.49. The minimum Gasteiger partial charge on any atom is -0.496 e. The smallest absolute Gasteiger partial charge is 0.267 e. The molecule has 0 aliphatic carbocycles. The summed E-state index contributed by atoms with van der Waals surface area (Å²) in [4.78, 5) is 0. The van der Waals surface area contributed by atoms with Gasteiger partial charge < -0.3 is 4.74 Å². The Balaban J connectivity index is 3.32. The van der Waals surface area contributed by atoms with Gasteiger partial charge >= 0.3 is 0 Å². The molecule has 0 amide bonds. The summed E-state index contributed by atoms with van der Waals surface area (Å²) in [6, 6.07) is 3.35. The van der Waals surface area contributed by atoms with Crippen molar-refractivity contribution in [3.63, 3.8) is 0 Å². The van der Waals surface area contributed by atoms with Crippen molar-refractivity contribution < 1.29 is 13.5 Å². The number of halogens is 2. The van der Waals surface area contributed by atoms with Crippen LogP contribution < -0.4 is 4.74 Å². The highest BCUT2D eigenvalue weighted by molar-refractivity contribution is 5.44. The lowest BCUT2D eigenvalue weighted by molar-refractivity contribution is 0.146. The molecule has 0 unspecified atom stereocenters. The molecule has 1 rings (SSSR count). The summed E-state index contributed by atoms with van der Waals surface area (Å²) in [5.74, 6) is 0.262. The summed E-state index contributed by atoms with van der Waals surface area (Å²) in [5.41, 5.74) is 1.47. The van der Waals surface area contributed by atoms with Crippen LogP contribution in [-0.2, 0) is 0 Å². The van der Waals surface area contributed by atoms with Gasteiger partial charge in [0.25, 0.3) is 6.43 Å². The molecule has 1 aromatic carbocycles. The molecule has 0 radical (unpaired) electrons. The highest BCUT2D eigenvalue weighted by Gasteiger charge is 2.17. The Morgan fingerprint density at radius 1 is 1.23 bits per heavy atom. The lowest BCUT2D eigenvalue weighted by Gasteiger charge is -2.12. The molecule has 72 valence electrons. The Labute approximate surface area is 76.3 Å². The van der Waals surface area contributed by atoms with Crippen LogP contribution >= 0.6 is 0 Å². The molecule has 0 saturated heterocycles. The van der Waals surface area contributed by atoms with Gasteiger partial charge in [-0.05, 0) is 31.0 Å². The summed E-state index contributed by atoms with van der Waals surface area (Å²) >= 11 is 0. The van der Waals surface area contributed by atoms with E-state index in [1.165, 1.54) is 7.11 Å². The lowest BCUT2D eigenvalue weighted by atomic mass is 10.0. The topological polar surface area (TPSA) is 9.23 Å². The van der Waals surface area contributed by atoms with Crippen LogP contribution in [0, 0.1) is 13.8 Å². The Morgan fingerprint density at radius 3 is 2.31 bits per heavy atom. The van der Waals surface area contributed by atoms with Crippen LogP contribution in [0.25, 0.3) is 0 Å². The second kappa shape index (κ2) is 3.73. The van der Waals surface area contributed by atoms with Gasteiger partial charge in [0.2, 0.25) is 0 Å². The van der Waals surface area contributed by atoms with Crippen LogP contribution in [0.1, 0.15) is 23.1 Å². The average molecular weight is 186 g/mol. The molecule has 13 heavy (non-hydrogen) atoms. The fourth-order valence-electron chi connectivity index (χ4n) is 1.26. The van der Waals surface area contributed by atoms with Crippen LogP contribution in [0.4, 0.5) is 8.78 Å². The van der Waals surface area contributed by atoms with E-state index in [0.29, 0.717) is 5.56 Å². The van der Waals surface area contributed by atoms with Gasteiger partial charge in [-0.1, -0.05) is 6.07 Å². The monoisotopic (exact) mass is 186 g/mol. The highest BCUT2D eigenvalue weighted by Crippen LogP contribution is 2.33. The van der Waals surface area contributed by atoms with Crippen molar-refractivity contribution >= 4 is 0 Å². The van der Waals surface area contributed by atoms with Gasteiger partial charge in [0.05, 0.1) is 12.7 Å². The van der Waals surface area contributed by atoms with E-state index >= 15 is 0 Å². The molecule has 1 aromatic rings. The first-order chi connectivity index (χ1) is 6.07. The molecule has 0 bridgehead atoms. The first-order valence-electron chi connectivity index (χ1n) is 4.00. The first-order valence-corrected chi connectivity index (χ1v) is 4.00. The second-order valence-electron chi connectivity index (χ2n) is 2.92. The molecule has 0 fully saturated rings. The first kappa shape index (κ1) is 9.96. The number of methoxy groups -OCH3 is 1. The van der Waals surface area contributed by atoms with Crippen LogP contribution in [0.15, 0.2) is 12.1 Å². The van der Waals surface area contributed by atoms with Crippen molar-refractivity contribution in [1.29, 1.82) is 0 Å². The van der Waals surface area contributed by atoms with E-state index in [1.807, 2.05) is 0 Å². The molecule has 0 atom stereocenters. The Hall–Kier alpha value is -1.12. The number of alkyl halides is 2. The average Bonchev–Trinajstić information content (AvgIpc) is 2.08. The predicted molar refractivity (Wildman–Crippen MR) is 47.4 cm³/mol. The fourth-order valence-corrected chi connectivity index (χ4v) is 1.26. The molecule has 0 spiro atoms. The number of hydrogen-bond acceptors (Lipinski definition) is 1. The van der Waals surface area contributed by atoms with Gasteiger partial charge in [-0.3, -0.25) is 0 Å². The van der Waals surface area contributed by atoms with Crippen LogP contribution in [0.2, 0.25) is 0 Å². The number of rotatable bonds is 2. The lowest BCUT2D eigenvalue weighted by Crippen LogP contribution is -1.97. The fraction of sp³-hybridized carbons (Fsp3) is 0.400.